The highest BCUT2D eigenvalue weighted by molar-refractivity contribution is 14.1. The lowest BCUT2D eigenvalue weighted by molar-refractivity contribution is 0.0636. The summed E-state index contributed by atoms with van der Waals surface area (Å²) in [5.41, 5.74) is 1.93. The second kappa shape index (κ2) is 8.27. The van der Waals surface area contributed by atoms with Crippen molar-refractivity contribution in [1.82, 2.24) is 9.97 Å². The van der Waals surface area contributed by atoms with Gasteiger partial charge in [-0.2, -0.15) is 0 Å². The summed E-state index contributed by atoms with van der Waals surface area (Å²) in [6.45, 7) is 5.48. The summed E-state index contributed by atoms with van der Waals surface area (Å²) in [5.74, 6) is 0.722. The standard InChI is InChI=1S/C17H21IN4O2/c1-17(2,3)24-16(23)22-14-6-4-5-13(9-14)21-15-10-12(7-8-18)19-11-20-15/h4-6,9-11H,7-8H2,1-3H3,(H,22,23)(H,19,20,21). The number of aryl methyl sites for hydroxylation is 1. The van der Waals surface area contributed by atoms with Crippen LogP contribution in [0.15, 0.2) is 36.7 Å². The molecule has 6 nitrogen and oxygen atoms in total. The van der Waals surface area contributed by atoms with E-state index < -0.39 is 11.7 Å². The molecule has 0 aliphatic heterocycles. The van der Waals surface area contributed by atoms with Crippen LogP contribution in [0.5, 0.6) is 0 Å². The molecule has 0 atom stereocenters. The highest BCUT2D eigenvalue weighted by Gasteiger charge is 2.16. The van der Waals surface area contributed by atoms with Crippen molar-refractivity contribution in [1.29, 1.82) is 0 Å². The third kappa shape index (κ3) is 6.31. The fourth-order valence-corrected chi connectivity index (χ4v) is 2.50. The highest BCUT2D eigenvalue weighted by Crippen LogP contribution is 2.20. The van der Waals surface area contributed by atoms with Crippen LogP contribution >= 0.6 is 22.6 Å². The number of nitrogens with zero attached hydrogens (tertiary/aromatic N) is 2. The molecule has 2 rings (SSSR count). The molecule has 24 heavy (non-hydrogen) atoms. The Hall–Kier alpha value is -1.90. The molecule has 0 unspecified atom stereocenters. The Labute approximate surface area is 155 Å². The summed E-state index contributed by atoms with van der Waals surface area (Å²) in [7, 11) is 0. The van der Waals surface area contributed by atoms with E-state index in [2.05, 4.69) is 43.2 Å². The number of ether oxygens (including phenoxy) is 1. The molecule has 1 amide bonds. The number of hydrogen-bond donors (Lipinski definition) is 2. The minimum Gasteiger partial charge on any atom is -0.444 e. The van der Waals surface area contributed by atoms with Gasteiger partial charge in [0.25, 0.3) is 0 Å². The molecule has 0 radical (unpaired) electrons. The van der Waals surface area contributed by atoms with Gasteiger partial charge in [0, 0.05) is 27.6 Å². The number of aromatic nitrogens is 2. The average molecular weight is 440 g/mol. The first-order valence-corrected chi connectivity index (χ1v) is 9.12. The molecule has 2 N–H and O–H groups in total. The van der Waals surface area contributed by atoms with Crippen molar-refractivity contribution in [2.24, 2.45) is 0 Å². The maximum absolute atomic E-state index is 11.8. The third-order valence-corrected chi connectivity index (χ3v) is 3.39. The number of alkyl halides is 1. The minimum absolute atomic E-state index is 0.481. The molecular formula is C17H21IN4O2. The third-order valence-electron chi connectivity index (χ3n) is 2.85. The first-order chi connectivity index (χ1) is 11.4. The summed E-state index contributed by atoms with van der Waals surface area (Å²) in [4.78, 5) is 20.3. The Bertz CT molecular complexity index is 701. The number of hydrogen-bond acceptors (Lipinski definition) is 5. The minimum atomic E-state index is -0.532. The molecular weight excluding hydrogens is 419 g/mol. The van der Waals surface area contributed by atoms with Gasteiger partial charge in [-0.05, 0) is 45.4 Å². The van der Waals surface area contributed by atoms with Gasteiger partial charge in [0.15, 0.2) is 0 Å². The predicted molar refractivity (Wildman–Crippen MR) is 104 cm³/mol. The van der Waals surface area contributed by atoms with E-state index in [9.17, 15) is 4.79 Å². The van der Waals surface area contributed by atoms with Crippen molar-refractivity contribution < 1.29 is 9.53 Å². The fraction of sp³-hybridized carbons (Fsp3) is 0.353. The smallest absolute Gasteiger partial charge is 0.412 e. The van der Waals surface area contributed by atoms with Gasteiger partial charge >= 0.3 is 6.09 Å². The quantitative estimate of drug-likeness (QED) is 0.527. The number of carbonyl (C=O) groups excluding carboxylic acids is 1. The lowest BCUT2D eigenvalue weighted by Crippen LogP contribution is -2.27. The number of carbonyl (C=O) groups is 1. The van der Waals surface area contributed by atoms with Gasteiger partial charge in [-0.1, -0.05) is 28.7 Å². The van der Waals surface area contributed by atoms with E-state index >= 15 is 0 Å². The molecule has 0 fully saturated rings. The van der Waals surface area contributed by atoms with E-state index in [0.29, 0.717) is 5.69 Å². The van der Waals surface area contributed by atoms with E-state index in [1.165, 1.54) is 0 Å². The first-order valence-electron chi connectivity index (χ1n) is 7.60. The zero-order chi connectivity index (χ0) is 17.6. The number of halogens is 1. The molecule has 2 aromatic rings. The lowest BCUT2D eigenvalue weighted by Gasteiger charge is -2.19. The van der Waals surface area contributed by atoms with E-state index in [1.54, 1.807) is 12.4 Å². The maximum atomic E-state index is 11.8. The molecule has 128 valence electrons. The zero-order valence-corrected chi connectivity index (χ0v) is 16.1. The van der Waals surface area contributed by atoms with Crippen molar-refractivity contribution in [2.75, 3.05) is 15.1 Å². The Balaban J connectivity index is 2.05. The van der Waals surface area contributed by atoms with Crippen molar-refractivity contribution in [3.8, 4) is 0 Å². The van der Waals surface area contributed by atoms with Crippen LogP contribution in [0.25, 0.3) is 0 Å². The van der Waals surface area contributed by atoms with Gasteiger partial charge in [-0.25, -0.2) is 14.8 Å². The number of nitrogens with one attached hydrogen (secondary N) is 2. The molecule has 0 spiro atoms. The largest absolute Gasteiger partial charge is 0.444 e. The predicted octanol–water partition coefficient (Wildman–Crippen LogP) is 4.54. The van der Waals surface area contributed by atoms with E-state index in [-0.39, 0.29) is 0 Å². The normalized spacial score (nSPS) is 11.0. The Morgan fingerprint density at radius 2 is 1.96 bits per heavy atom. The summed E-state index contributed by atoms with van der Waals surface area (Å²) < 4.78 is 6.25. The van der Waals surface area contributed by atoms with Crippen molar-refractivity contribution in [2.45, 2.75) is 32.8 Å². The first kappa shape index (κ1) is 18.4. The van der Waals surface area contributed by atoms with Crippen LogP contribution < -0.4 is 10.6 Å². The summed E-state index contributed by atoms with van der Waals surface area (Å²) >= 11 is 2.32. The fourth-order valence-electron chi connectivity index (χ4n) is 1.94. The molecule has 0 saturated heterocycles. The van der Waals surface area contributed by atoms with Crippen molar-refractivity contribution in [3.63, 3.8) is 0 Å². The zero-order valence-electron chi connectivity index (χ0n) is 14.0. The Morgan fingerprint density at radius 1 is 1.21 bits per heavy atom. The summed E-state index contributed by atoms with van der Waals surface area (Å²) in [5, 5.41) is 5.94. The number of benzene rings is 1. The van der Waals surface area contributed by atoms with Gasteiger partial charge in [-0.15, -0.1) is 0 Å². The molecule has 1 aromatic heterocycles. The topological polar surface area (TPSA) is 76.1 Å². The van der Waals surface area contributed by atoms with Crippen molar-refractivity contribution >= 4 is 45.9 Å². The van der Waals surface area contributed by atoms with Crippen LogP contribution in [0.4, 0.5) is 22.0 Å². The monoisotopic (exact) mass is 440 g/mol. The molecule has 7 heteroatoms. The van der Waals surface area contributed by atoms with Gasteiger partial charge in [0.05, 0.1) is 0 Å². The highest BCUT2D eigenvalue weighted by atomic mass is 127. The number of anilines is 3. The van der Waals surface area contributed by atoms with Gasteiger partial charge in [0.1, 0.15) is 17.7 Å². The van der Waals surface area contributed by atoms with E-state index in [4.69, 9.17) is 4.74 Å². The molecule has 0 bridgehead atoms. The van der Waals surface area contributed by atoms with Crippen LogP contribution in [0, 0.1) is 0 Å². The Kier molecular flexibility index (Phi) is 6.36. The van der Waals surface area contributed by atoms with Gasteiger partial charge in [-0.3, -0.25) is 5.32 Å². The molecule has 0 aliphatic carbocycles. The van der Waals surface area contributed by atoms with Crippen molar-refractivity contribution in [3.05, 3.63) is 42.4 Å². The van der Waals surface area contributed by atoms with E-state index in [1.807, 2.05) is 45.0 Å². The molecule has 1 aromatic carbocycles. The summed E-state index contributed by atoms with van der Waals surface area (Å²) in [6, 6.07) is 9.30. The lowest BCUT2D eigenvalue weighted by atomic mass is 10.2. The molecule has 0 saturated carbocycles. The SMILES string of the molecule is CC(C)(C)OC(=O)Nc1cccc(Nc2cc(CCI)ncn2)c1. The maximum Gasteiger partial charge on any atom is 0.412 e. The van der Waals surface area contributed by atoms with Gasteiger partial charge in [0.2, 0.25) is 0 Å². The van der Waals surface area contributed by atoms with Crippen LogP contribution in [0.2, 0.25) is 0 Å². The molecule has 1 heterocycles. The van der Waals surface area contributed by atoms with Crippen LogP contribution in [0.1, 0.15) is 26.5 Å². The second-order valence-electron chi connectivity index (χ2n) is 6.17. The van der Waals surface area contributed by atoms with Crippen LogP contribution in [-0.2, 0) is 11.2 Å². The molecule has 0 aliphatic rings. The summed E-state index contributed by atoms with van der Waals surface area (Å²) in [6.07, 6.45) is 1.97. The average Bonchev–Trinajstić information content (AvgIpc) is 2.46. The van der Waals surface area contributed by atoms with Crippen LogP contribution in [0.3, 0.4) is 0 Å². The van der Waals surface area contributed by atoms with Crippen LogP contribution in [-0.4, -0.2) is 26.1 Å². The van der Waals surface area contributed by atoms with Gasteiger partial charge < -0.3 is 10.1 Å². The number of amides is 1. The second-order valence-corrected chi connectivity index (χ2v) is 7.25. The van der Waals surface area contributed by atoms with E-state index in [0.717, 1.165) is 28.0 Å². The Morgan fingerprint density at radius 3 is 2.67 bits per heavy atom. The number of rotatable bonds is 5.